The molecule has 2 aromatic rings. The van der Waals surface area contributed by atoms with E-state index >= 15 is 0 Å². The second kappa shape index (κ2) is 13.5. The molecule has 0 saturated heterocycles. The molecule has 0 spiro atoms. The molecule has 0 unspecified atom stereocenters. The average Bonchev–Trinajstić information content (AvgIpc) is 3.14. The summed E-state index contributed by atoms with van der Waals surface area (Å²) in [6.45, 7) is 5.38. The van der Waals surface area contributed by atoms with Gasteiger partial charge < -0.3 is 24.5 Å². The van der Waals surface area contributed by atoms with E-state index in [0.717, 1.165) is 42.5 Å². The summed E-state index contributed by atoms with van der Waals surface area (Å²) in [5.41, 5.74) is 1.13. The lowest BCUT2D eigenvalue weighted by atomic mass is 10.2. The van der Waals surface area contributed by atoms with Crippen LogP contribution in [0.5, 0.6) is 5.75 Å². The van der Waals surface area contributed by atoms with Crippen molar-refractivity contribution in [3.05, 3.63) is 54.0 Å². The summed E-state index contributed by atoms with van der Waals surface area (Å²) in [4.78, 5) is 4.61. The minimum atomic E-state index is 0. The largest absolute Gasteiger partial charge is 0.491 e. The second-order valence-electron chi connectivity index (χ2n) is 5.44. The zero-order valence-electron chi connectivity index (χ0n) is 15.4. The van der Waals surface area contributed by atoms with Crippen molar-refractivity contribution in [2.45, 2.75) is 19.9 Å². The highest BCUT2D eigenvalue weighted by Gasteiger charge is 2.00. The van der Waals surface area contributed by atoms with E-state index in [0.29, 0.717) is 19.8 Å². The van der Waals surface area contributed by atoms with E-state index in [-0.39, 0.29) is 24.0 Å². The van der Waals surface area contributed by atoms with Crippen molar-refractivity contribution in [1.29, 1.82) is 0 Å². The van der Waals surface area contributed by atoms with Gasteiger partial charge in [-0.05, 0) is 36.8 Å². The van der Waals surface area contributed by atoms with Crippen LogP contribution in [0, 0.1) is 0 Å². The highest BCUT2D eigenvalue weighted by atomic mass is 127. The van der Waals surface area contributed by atoms with E-state index in [1.807, 2.05) is 36.4 Å². The van der Waals surface area contributed by atoms with Crippen molar-refractivity contribution in [3.63, 3.8) is 0 Å². The van der Waals surface area contributed by atoms with Crippen LogP contribution in [0.25, 0.3) is 0 Å². The summed E-state index contributed by atoms with van der Waals surface area (Å²) in [6, 6.07) is 11.8. The molecule has 0 amide bonds. The van der Waals surface area contributed by atoms with Gasteiger partial charge in [0.1, 0.15) is 18.1 Å². The molecule has 6 nitrogen and oxygen atoms in total. The number of hydrogen-bond donors (Lipinski definition) is 2. The van der Waals surface area contributed by atoms with Crippen molar-refractivity contribution in [2.75, 3.05) is 33.4 Å². The van der Waals surface area contributed by atoms with Crippen LogP contribution < -0.4 is 15.4 Å². The summed E-state index contributed by atoms with van der Waals surface area (Å²) in [5, 5.41) is 6.56. The first kappa shape index (κ1) is 22.3. The lowest BCUT2D eigenvalue weighted by Gasteiger charge is -2.11. The van der Waals surface area contributed by atoms with Gasteiger partial charge in [-0.25, -0.2) is 4.99 Å². The maximum atomic E-state index is 5.56. The van der Waals surface area contributed by atoms with Gasteiger partial charge in [0.05, 0.1) is 19.4 Å². The van der Waals surface area contributed by atoms with Crippen LogP contribution in [-0.2, 0) is 17.7 Å². The third-order valence-corrected chi connectivity index (χ3v) is 3.49. The van der Waals surface area contributed by atoms with Gasteiger partial charge in [-0.15, -0.1) is 24.0 Å². The molecule has 144 valence electrons. The maximum absolute atomic E-state index is 5.56. The molecule has 7 heteroatoms. The lowest BCUT2D eigenvalue weighted by molar-refractivity contribution is 0.146. The van der Waals surface area contributed by atoms with Crippen molar-refractivity contribution >= 4 is 29.9 Å². The number of methoxy groups -OCH3 is 1. The predicted octanol–water partition coefficient (Wildman–Crippen LogP) is 3.22. The molecule has 0 aliphatic carbocycles. The van der Waals surface area contributed by atoms with Crippen molar-refractivity contribution in [2.24, 2.45) is 4.99 Å². The molecule has 0 radical (unpaired) electrons. The molecule has 0 fully saturated rings. The summed E-state index contributed by atoms with van der Waals surface area (Å²) >= 11 is 0. The fourth-order valence-corrected chi connectivity index (χ4v) is 2.20. The molecule has 0 atom stereocenters. The zero-order valence-corrected chi connectivity index (χ0v) is 17.7. The normalized spacial score (nSPS) is 10.9. The maximum Gasteiger partial charge on any atom is 0.191 e. The number of aliphatic imine (C=N–C) groups is 1. The van der Waals surface area contributed by atoms with Crippen molar-refractivity contribution in [1.82, 2.24) is 10.6 Å². The number of halogens is 1. The van der Waals surface area contributed by atoms with E-state index in [4.69, 9.17) is 13.9 Å². The number of ether oxygens (including phenoxy) is 2. The Kier molecular flexibility index (Phi) is 11.5. The van der Waals surface area contributed by atoms with Gasteiger partial charge in [0.15, 0.2) is 5.96 Å². The van der Waals surface area contributed by atoms with Crippen LogP contribution in [0.1, 0.15) is 18.2 Å². The van der Waals surface area contributed by atoms with E-state index in [2.05, 4.69) is 22.5 Å². The first-order valence-electron chi connectivity index (χ1n) is 8.57. The topological polar surface area (TPSA) is 68.0 Å². The zero-order chi connectivity index (χ0) is 17.7. The molecular weight excluding hydrogens is 445 g/mol. The number of nitrogens with one attached hydrogen (secondary N) is 2. The molecule has 1 aromatic heterocycles. The average molecular weight is 473 g/mol. The monoisotopic (exact) mass is 473 g/mol. The minimum Gasteiger partial charge on any atom is -0.491 e. The quantitative estimate of drug-likeness (QED) is 0.240. The molecule has 0 bridgehead atoms. The Balaban J connectivity index is 0.00000338. The fraction of sp³-hybridized carbons (Fsp3) is 0.421. The molecule has 1 heterocycles. The first-order valence-corrected chi connectivity index (χ1v) is 8.57. The van der Waals surface area contributed by atoms with Crippen LogP contribution in [0.15, 0.2) is 52.1 Å². The molecule has 26 heavy (non-hydrogen) atoms. The van der Waals surface area contributed by atoms with Gasteiger partial charge >= 0.3 is 0 Å². The lowest BCUT2D eigenvalue weighted by Crippen LogP contribution is -2.38. The van der Waals surface area contributed by atoms with E-state index in [9.17, 15) is 0 Å². The van der Waals surface area contributed by atoms with Crippen molar-refractivity contribution < 1.29 is 13.9 Å². The van der Waals surface area contributed by atoms with Gasteiger partial charge in [0.2, 0.25) is 0 Å². The molecule has 0 saturated carbocycles. The molecule has 0 aliphatic rings. The molecule has 0 aliphatic heterocycles. The third kappa shape index (κ3) is 8.57. The Morgan fingerprint density at radius 3 is 2.58 bits per heavy atom. The smallest absolute Gasteiger partial charge is 0.191 e. The van der Waals surface area contributed by atoms with Gasteiger partial charge in [-0.1, -0.05) is 12.1 Å². The molecule has 2 N–H and O–H groups in total. The number of hydrogen-bond acceptors (Lipinski definition) is 4. The van der Waals surface area contributed by atoms with Crippen LogP contribution in [0.4, 0.5) is 0 Å². The number of furan rings is 1. The summed E-state index contributed by atoms with van der Waals surface area (Å²) in [5.74, 6) is 2.61. The van der Waals surface area contributed by atoms with Crippen LogP contribution in [0.3, 0.4) is 0 Å². The van der Waals surface area contributed by atoms with E-state index in [1.165, 1.54) is 0 Å². The van der Waals surface area contributed by atoms with Gasteiger partial charge in [0.25, 0.3) is 0 Å². The SMILES string of the molecule is CCNC(=NCc1ccc(OCCOC)cc1)NCCc1ccco1.I. The third-order valence-electron chi connectivity index (χ3n) is 3.49. The summed E-state index contributed by atoms with van der Waals surface area (Å²) in [6.07, 6.45) is 2.52. The summed E-state index contributed by atoms with van der Waals surface area (Å²) < 4.78 is 15.9. The van der Waals surface area contributed by atoms with E-state index < -0.39 is 0 Å². The Hall–Kier alpha value is -1.74. The van der Waals surface area contributed by atoms with Crippen LogP contribution >= 0.6 is 24.0 Å². The van der Waals surface area contributed by atoms with Crippen LogP contribution in [-0.4, -0.2) is 39.4 Å². The van der Waals surface area contributed by atoms with Crippen LogP contribution in [0.2, 0.25) is 0 Å². The molecule has 2 rings (SSSR count). The number of rotatable bonds is 10. The Morgan fingerprint density at radius 1 is 1.12 bits per heavy atom. The van der Waals surface area contributed by atoms with Crippen molar-refractivity contribution in [3.8, 4) is 5.75 Å². The first-order chi connectivity index (χ1) is 12.3. The standard InChI is InChI=1S/C19H27N3O3.HI/c1-3-20-19(21-11-10-17-5-4-12-24-17)22-15-16-6-8-18(9-7-16)25-14-13-23-2;/h4-9,12H,3,10-11,13-15H2,1-2H3,(H2,20,21,22);1H. The van der Waals surface area contributed by atoms with Gasteiger partial charge in [-0.3, -0.25) is 0 Å². The predicted molar refractivity (Wildman–Crippen MR) is 114 cm³/mol. The molecular formula is C19H28IN3O3. The van der Waals surface area contributed by atoms with Gasteiger partial charge in [-0.2, -0.15) is 0 Å². The Bertz CT molecular complexity index is 615. The second-order valence-corrected chi connectivity index (χ2v) is 5.44. The Morgan fingerprint density at radius 2 is 1.92 bits per heavy atom. The summed E-state index contributed by atoms with van der Waals surface area (Å²) in [7, 11) is 1.66. The highest BCUT2D eigenvalue weighted by Crippen LogP contribution is 2.12. The minimum absolute atomic E-state index is 0. The number of guanidine groups is 1. The molecule has 1 aromatic carbocycles. The van der Waals surface area contributed by atoms with E-state index in [1.54, 1.807) is 13.4 Å². The highest BCUT2D eigenvalue weighted by molar-refractivity contribution is 14.0. The number of nitrogens with zero attached hydrogens (tertiary/aromatic N) is 1. The number of benzene rings is 1. The Labute approximate surface area is 172 Å². The fourth-order valence-electron chi connectivity index (χ4n) is 2.20. The van der Waals surface area contributed by atoms with Gasteiger partial charge in [0, 0.05) is 26.6 Å².